The van der Waals surface area contributed by atoms with Gasteiger partial charge in [0.2, 0.25) is 5.91 Å². The van der Waals surface area contributed by atoms with E-state index < -0.39 is 0 Å². The van der Waals surface area contributed by atoms with Crippen LogP contribution in [0.4, 0.5) is 0 Å². The molecule has 1 heterocycles. The van der Waals surface area contributed by atoms with Crippen LogP contribution in [-0.2, 0) is 4.79 Å². The van der Waals surface area contributed by atoms with E-state index in [1.165, 1.54) is 12.8 Å². The minimum absolute atomic E-state index is 0.155. The van der Waals surface area contributed by atoms with Gasteiger partial charge in [-0.2, -0.15) is 0 Å². The summed E-state index contributed by atoms with van der Waals surface area (Å²) in [6.07, 6.45) is 3.83. The van der Waals surface area contributed by atoms with Gasteiger partial charge < -0.3 is 14.9 Å². The Bertz CT molecular complexity index is 225. The summed E-state index contributed by atoms with van der Waals surface area (Å²) < 4.78 is 0. The number of aliphatic hydroxyl groups excluding tert-OH is 1. The lowest BCUT2D eigenvalue weighted by atomic mass is 10.2. The number of hydrogen-bond donors (Lipinski definition) is 1. The van der Waals surface area contributed by atoms with Gasteiger partial charge in [0.05, 0.1) is 0 Å². The molecule has 1 aliphatic rings. The molecule has 0 unspecified atom stereocenters. The molecular weight excluding hydrogens is 216 g/mol. The van der Waals surface area contributed by atoms with Crippen molar-refractivity contribution < 1.29 is 9.90 Å². The van der Waals surface area contributed by atoms with E-state index in [-0.39, 0.29) is 18.6 Å². The molecule has 1 saturated heterocycles. The van der Waals surface area contributed by atoms with Crippen LogP contribution in [0.25, 0.3) is 0 Å². The molecule has 0 aliphatic carbocycles. The van der Waals surface area contributed by atoms with Gasteiger partial charge in [0, 0.05) is 32.2 Å². The van der Waals surface area contributed by atoms with Crippen molar-refractivity contribution in [3.8, 4) is 0 Å². The van der Waals surface area contributed by atoms with Crippen molar-refractivity contribution in [2.45, 2.75) is 45.6 Å². The molecule has 0 radical (unpaired) electrons. The minimum atomic E-state index is 0.155. The molecule has 1 amide bonds. The van der Waals surface area contributed by atoms with E-state index in [0.29, 0.717) is 19.4 Å². The van der Waals surface area contributed by atoms with E-state index in [9.17, 15) is 4.79 Å². The fourth-order valence-corrected chi connectivity index (χ4v) is 2.32. The van der Waals surface area contributed by atoms with Crippen molar-refractivity contribution in [3.05, 3.63) is 0 Å². The van der Waals surface area contributed by atoms with Crippen LogP contribution in [0.1, 0.15) is 39.5 Å². The van der Waals surface area contributed by atoms with Gasteiger partial charge in [0.25, 0.3) is 0 Å². The maximum absolute atomic E-state index is 12.1. The quantitative estimate of drug-likeness (QED) is 0.727. The zero-order valence-corrected chi connectivity index (χ0v) is 11.2. The van der Waals surface area contributed by atoms with Crippen LogP contribution < -0.4 is 0 Å². The molecule has 4 nitrogen and oxygen atoms in total. The van der Waals surface area contributed by atoms with E-state index in [1.807, 2.05) is 18.7 Å². The Morgan fingerprint density at radius 3 is 2.53 bits per heavy atom. The van der Waals surface area contributed by atoms with Gasteiger partial charge in [0.15, 0.2) is 0 Å². The summed E-state index contributed by atoms with van der Waals surface area (Å²) >= 11 is 0. The highest BCUT2D eigenvalue weighted by Crippen LogP contribution is 2.09. The average molecular weight is 242 g/mol. The smallest absolute Gasteiger partial charge is 0.224 e. The Labute approximate surface area is 105 Å². The third-order valence-electron chi connectivity index (χ3n) is 3.34. The number of carbonyl (C=O) groups excluding carboxylic acids is 1. The molecule has 4 heteroatoms. The molecule has 1 aliphatic heterocycles. The Hall–Kier alpha value is -0.610. The molecule has 1 N–H and O–H groups in total. The van der Waals surface area contributed by atoms with Crippen LogP contribution in [0.15, 0.2) is 0 Å². The fourth-order valence-electron chi connectivity index (χ4n) is 2.32. The standard InChI is InChI=1S/C13H26N2O2/c1-12(2)15(9-5-11-16)13(17)6-10-14-7-3-4-8-14/h12,16H,3-11H2,1-2H3. The molecular formula is C13H26N2O2. The SMILES string of the molecule is CC(C)N(CCCO)C(=O)CCN1CCCC1. The summed E-state index contributed by atoms with van der Waals surface area (Å²) in [6.45, 7) is 8.07. The molecule has 1 rings (SSSR count). The average Bonchev–Trinajstić information content (AvgIpc) is 2.79. The maximum atomic E-state index is 12.1. The molecule has 0 spiro atoms. The van der Waals surface area contributed by atoms with Crippen LogP contribution in [-0.4, -0.2) is 59.6 Å². The first-order chi connectivity index (χ1) is 8.15. The van der Waals surface area contributed by atoms with Gasteiger partial charge in [0.1, 0.15) is 0 Å². The van der Waals surface area contributed by atoms with Crippen molar-refractivity contribution in [3.63, 3.8) is 0 Å². The second-order valence-corrected chi connectivity index (χ2v) is 5.06. The first-order valence-electron chi connectivity index (χ1n) is 6.78. The lowest BCUT2D eigenvalue weighted by molar-refractivity contribution is -0.133. The van der Waals surface area contributed by atoms with Gasteiger partial charge in [-0.3, -0.25) is 4.79 Å². The Morgan fingerprint density at radius 2 is 2.00 bits per heavy atom. The monoisotopic (exact) mass is 242 g/mol. The van der Waals surface area contributed by atoms with Crippen LogP contribution in [0.5, 0.6) is 0 Å². The molecule has 1 fully saturated rings. The maximum Gasteiger partial charge on any atom is 0.224 e. The highest BCUT2D eigenvalue weighted by molar-refractivity contribution is 5.76. The largest absolute Gasteiger partial charge is 0.396 e. The number of amides is 1. The Balaban J connectivity index is 2.30. The third-order valence-corrected chi connectivity index (χ3v) is 3.34. The second-order valence-electron chi connectivity index (χ2n) is 5.06. The third kappa shape index (κ3) is 5.04. The molecule has 100 valence electrons. The van der Waals surface area contributed by atoms with E-state index in [1.54, 1.807) is 0 Å². The van der Waals surface area contributed by atoms with Crippen molar-refractivity contribution in [2.75, 3.05) is 32.8 Å². The zero-order valence-electron chi connectivity index (χ0n) is 11.2. The van der Waals surface area contributed by atoms with Crippen molar-refractivity contribution >= 4 is 5.91 Å². The highest BCUT2D eigenvalue weighted by Gasteiger charge is 2.18. The number of carbonyl (C=O) groups is 1. The van der Waals surface area contributed by atoms with Crippen LogP contribution in [0, 0.1) is 0 Å². The van der Waals surface area contributed by atoms with Gasteiger partial charge in [-0.05, 0) is 46.2 Å². The van der Waals surface area contributed by atoms with Crippen LogP contribution in [0.3, 0.4) is 0 Å². The number of aliphatic hydroxyl groups is 1. The number of hydrogen-bond acceptors (Lipinski definition) is 3. The van der Waals surface area contributed by atoms with Crippen molar-refractivity contribution in [1.82, 2.24) is 9.80 Å². The number of rotatable bonds is 7. The summed E-state index contributed by atoms with van der Waals surface area (Å²) in [6, 6.07) is 0.229. The summed E-state index contributed by atoms with van der Waals surface area (Å²) in [5.74, 6) is 0.223. The molecule has 0 aromatic rings. The van der Waals surface area contributed by atoms with Crippen molar-refractivity contribution in [1.29, 1.82) is 0 Å². The molecule has 0 atom stereocenters. The first kappa shape index (κ1) is 14.5. The topological polar surface area (TPSA) is 43.8 Å². The summed E-state index contributed by atoms with van der Waals surface area (Å²) in [7, 11) is 0. The van der Waals surface area contributed by atoms with Gasteiger partial charge >= 0.3 is 0 Å². The van der Waals surface area contributed by atoms with E-state index >= 15 is 0 Å². The number of likely N-dealkylation sites (tertiary alicyclic amines) is 1. The molecule has 0 bridgehead atoms. The van der Waals surface area contributed by atoms with E-state index in [4.69, 9.17) is 5.11 Å². The molecule has 17 heavy (non-hydrogen) atoms. The minimum Gasteiger partial charge on any atom is -0.396 e. The Morgan fingerprint density at radius 1 is 1.35 bits per heavy atom. The number of nitrogens with zero attached hydrogens (tertiary/aromatic N) is 2. The zero-order chi connectivity index (χ0) is 12.7. The van der Waals surface area contributed by atoms with E-state index in [2.05, 4.69) is 4.90 Å². The second kappa shape index (κ2) is 7.67. The van der Waals surface area contributed by atoms with Gasteiger partial charge in [-0.1, -0.05) is 0 Å². The van der Waals surface area contributed by atoms with Crippen LogP contribution in [0.2, 0.25) is 0 Å². The first-order valence-corrected chi connectivity index (χ1v) is 6.78. The van der Waals surface area contributed by atoms with Gasteiger partial charge in [-0.15, -0.1) is 0 Å². The molecule has 0 aromatic heterocycles. The van der Waals surface area contributed by atoms with Gasteiger partial charge in [-0.25, -0.2) is 0 Å². The fraction of sp³-hybridized carbons (Fsp3) is 0.923. The normalized spacial score (nSPS) is 16.7. The van der Waals surface area contributed by atoms with Crippen molar-refractivity contribution in [2.24, 2.45) is 0 Å². The lowest BCUT2D eigenvalue weighted by Crippen LogP contribution is -2.39. The predicted molar refractivity (Wildman–Crippen MR) is 68.8 cm³/mol. The highest BCUT2D eigenvalue weighted by atomic mass is 16.3. The summed E-state index contributed by atoms with van der Waals surface area (Å²) in [4.78, 5) is 16.3. The van der Waals surface area contributed by atoms with E-state index in [0.717, 1.165) is 19.6 Å². The summed E-state index contributed by atoms with van der Waals surface area (Å²) in [5.41, 5.74) is 0. The molecule has 0 aromatic carbocycles. The summed E-state index contributed by atoms with van der Waals surface area (Å²) in [5, 5.41) is 8.84. The lowest BCUT2D eigenvalue weighted by Gasteiger charge is -2.27. The predicted octanol–water partition coefficient (Wildman–Crippen LogP) is 1.09. The molecule has 0 saturated carbocycles. The van der Waals surface area contributed by atoms with Crippen LogP contribution >= 0.6 is 0 Å². The Kier molecular flexibility index (Phi) is 6.52.